The average Bonchev–Trinajstić information content (AvgIpc) is 2.27. The fourth-order valence-corrected chi connectivity index (χ4v) is 1.86. The normalized spacial score (nSPS) is 12.2. The van der Waals surface area contributed by atoms with Crippen molar-refractivity contribution in [3.63, 3.8) is 0 Å². The molecule has 0 fully saturated rings. The maximum atomic E-state index is 12.1. The van der Waals surface area contributed by atoms with Crippen LogP contribution in [0.1, 0.15) is 59.3 Å². The monoisotopic (exact) mass is 257 g/mol. The number of hydrogen-bond acceptors (Lipinski definition) is 2. The molecule has 0 saturated heterocycles. The van der Waals surface area contributed by atoms with Gasteiger partial charge >= 0.3 is 5.97 Å². The summed E-state index contributed by atoms with van der Waals surface area (Å²) in [5.74, 6) is -0.810. The number of nitrogens with zero attached hydrogens (tertiary/aromatic N) is 1. The van der Waals surface area contributed by atoms with Gasteiger partial charge in [-0.25, -0.2) is 0 Å². The Balaban J connectivity index is 4.21. The molecule has 1 amide bonds. The average molecular weight is 257 g/mol. The SMILES string of the molecule is CCCCN(CCCC)C(=O)CC(C)CC(=O)O. The molecule has 0 rings (SSSR count). The number of hydrogen-bond donors (Lipinski definition) is 1. The maximum absolute atomic E-state index is 12.1. The van der Waals surface area contributed by atoms with Crippen molar-refractivity contribution in [1.29, 1.82) is 0 Å². The number of rotatable bonds is 10. The van der Waals surface area contributed by atoms with Crippen LogP contribution in [0.2, 0.25) is 0 Å². The van der Waals surface area contributed by atoms with Gasteiger partial charge in [0.2, 0.25) is 5.91 Å². The lowest BCUT2D eigenvalue weighted by molar-refractivity contribution is -0.138. The maximum Gasteiger partial charge on any atom is 0.303 e. The van der Waals surface area contributed by atoms with Crippen LogP contribution < -0.4 is 0 Å². The quantitative estimate of drug-likeness (QED) is 0.654. The Morgan fingerprint density at radius 3 is 1.94 bits per heavy atom. The predicted molar refractivity (Wildman–Crippen MR) is 72.4 cm³/mol. The van der Waals surface area contributed by atoms with E-state index >= 15 is 0 Å². The molecule has 1 N–H and O–H groups in total. The molecule has 1 atom stereocenters. The van der Waals surface area contributed by atoms with E-state index in [0.29, 0.717) is 6.42 Å². The van der Waals surface area contributed by atoms with Crippen molar-refractivity contribution in [1.82, 2.24) is 4.90 Å². The fraction of sp³-hybridized carbons (Fsp3) is 0.857. The molecule has 0 saturated carbocycles. The Morgan fingerprint density at radius 2 is 1.56 bits per heavy atom. The number of carbonyl (C=O) groups excluding carboxylic acids is 1. The van der Waals surface area contributed by atoms with Crippen molar-refractivity contribution in [2.75, 3.05) is 13.1 Å². The van der Waals surface area contributed by atoms with Gasteiger partial charge in [0.15, 0.2) is 0 Å². The molecule has 0 bridgehead atoms. The highest BCUT2D eigenvalue weighted by Gasteiger charge is 2.17. The van der Waals surface area contributed by atoms with E-state index in [1.165, 1.54) is 0 Å². The Kier molecular flexibility index (Phi) is 9.33. The van der Waals surface area contributed by atoms with Crippen LogP contribution in [-0.2, 0) is 9.59 Å². The van der Waals surface area contributed by atoms with Crippen molar-refractivity contribution in [3.8, 4) is 0 Å². The number of aliphatic carboxylic acids is 1. The van der Waals surface area contributed by atoms with Gasteiger partial charge in [-0.1, -0.05) is 33.6 Å². The molecule has 4 nitrogen and oxygen atoms in total. The van der Waals surface area contributed by atoms with Gasteiger partial charge in [0.25, 0.3) is 0 Å². The van der Waals surface area contributed by atoms with E-state index in [4.69, 9.17) is 5.11 Å². The van der Waals surface area contributed by atoms with Crippen molar-refractivity contribution in [2.45, 2.75) is 59.3 Å². The molecular formula is C14H27NO3. The Hall–Kier alpha value is -1.06. The lowest BCUT2D eigenvalue weighted by Gasteiger charge is -2.23. The highest BCUT2D eigenvalue weighted by Crippen LogP contribution is 2.11. The van der Waals surface area contributed by atoms with E-state index in [2.05, 4.69) is 13.8 Å². The molecule has 0 aliphatic carbocycles. The topological polar surface area (TPSA) is 57.6 Å². The van der Waals surface area contributed by atoms with Crippen molar-refractivity contribution >= 4 is 11.9 Å². The first-order valence-corrected chi connectivity index (χ1v) is 7.00. The molecule has 0 spiro atoms. The highest BCUT2D eigenvalue weighted by molar-refractivity contribution is 5.77. The van der Waals surface area contributed by atoms with E-state index < -0.39 is 5.97 Å². The molecule has 1 unspecified atom stereocenters. The van der Waals surface area contributed by atoms with Crippen LogP contribution in [0.3, 0.4) is 0 Å². The molecule has 0 aromatic heterocycles. The number of carbonyl (C=O) groups is 2. The molecule has 0 aromatic rings. The third-order valence-corrected chi connectivity index (χ3v) is 2.96. The van der Waals surface area contributed by atoms with Crippen LogP contribution in [0, 0.1) is 5.92 Å². The minimum absolute atomic E-state index is 0.0706. The predicted octanol–water partition coefficient (Wildman–Crippen LogP) is 2.92. The summed E-state index contributed by atoms with van der Waals surface area (Å²) in [6, 6.07) is 0. The Bertz CT molecular complexity index is 245. The summed E-state index contributed by atoms with van der Waals surface area (Å²) < 4.78 is 0. The Morgan fingerprint density at radius 1 is 1.06 bits per heavy atom. The van der Waals surface area contributed by atoms with Gasteiger partial charge in [-0.2, -0.15) is 0 Å². The van der Waals surface area contributed by atoms with Gasteiger partial charge in [0.05, 0.1) is 0 Å². The lowest BCUT2D eigenvalue weighted by Crippen LogP contribution is -2.34. The molecule has 0 aliphatic rings. The molecule has 106 valence electrons. The van der Waals surface area contributed by atoms with Crippen LogP contribution >= 0.6 is 0 Å². The van der Waals surface area contributed by atoms with Gasteiger partial charge in [-0.3, -0.25) is 9.59 Å². The van der Waals surface area contributed by atoms with Crippen LogP contribution in [0.4, 0.5) is 0 Å². The summed E-state index contributed by atoms with van der Waals surface area (Å²) >= 11 is 0. The third-order valence-electron chi connectivity index (χ3n) is 2.96. The smallest absolute Gasteiger partial charge is 0.303 e. The summed E-state index contributed by atoms with van der Waals surface area (Å²) in [5, 5.41) is 8.69. The van der Waals surface area contributed by atoms with Crippen molar-refractivity contribution in [3.05, 3.63) is 0 Å². The van der Waals surface area contributed by atoms with Gasteiger partial charge in [0, 0.05) is 25.9 Å². The molecule has 0 heterocycles. The first-order valence-electron chi connectivity index (χ1n) is 7.00. The summed E-state index contributed by atoms with van der Waals surface area (Å²) in [7, 11) is 0. The van der Waals surface area contributed by atoms with Crippen molar-refractivity contribution in [2.24, 2.45) is 5.92 Å². The second-order valence-corrected chi connectivity index (χ2v) is 5.00. The minimum atomic E-state index is -0.830. The first-order chi connectivity index (χ1) is 8.51. The molecular weight excluding hydrogens is 230 g/mol. The largest absolute Gasteiger partial charge is 0.481 e. The summed E-state index contributed by atoms with van der Waals surface area (Å²) in [5.41, 5.74) is 0. The molecule has 18 heavy (non-hydrogen) atoms. The van der Waals surface area contributed by atoms with E-state index in [-0.39, 0.29) is 18.2 Å². The first kappa shape index (κ1) is 16.9. The van der Waals surface area contributed by atoms with E-state index in [9.17, 15) is 9.59 Å². The second-order valence-electron chi connectivity index (χ2n) is 5.00. The number of amides is 1. The van der Waals surface area contributed by atoms with Gasteiger partial charge in [0.1, 0.15) is 0 Å². The molecule has 0 radical (unpaired) electrons. The standard InChI is InChI=1S/C14H27NO3/c1-4-6-8-15(9-7-5-2)13(16)10-12(3)11-14(17)18/h12H,4-11H2,1-3H3,(H,17,18). The Labute approximate surface area is 110 Å². The number of carboxylic acids is 1. The van der Waals surface area contributed by atoms with E-state index in [0.717, 1.165) is 38.8 Å². The number of unbranched alkanes of at least 4 members (excludes halogenated alkanes) is 2. The van der Waals surface area contributed by atoms with Gasteiger partial charge < -0.3 is 10.0 Å². The zero-order valence-corrected chi connectivity index (χ0v) is 11.9. The van der Waals surface area contributed by atoms with Gasteiger partial charge in [-0.05, 0) is 18.8 Å². The highest BCUT2D eigenvalue weighted by atomic mass is 16.4. The van der Waals surface area contributed by atoms with Crippen LogP contribution in [0.25, 0.3) is 0 Å². The van der Waals surface area contributed by atoms with Crippen LogP contribution in [0.5, 0.6) is 0 Å². The molecule has 0 aromatic carbocycles. The molecule has 4 heteroatoms. The summed E-state index contributed by atoms with van der Waals surface area (Å²) in [6.07, 6.45) is 4.59. The van der Waals surface area contributed by atoms with E-state index in [1.54, 1.807) is 0 Å². The van der Waals surface area contributed by atoms with E-state index in [1.807, 2.05) is 11.8 Å². The summed E-state index contributed by atoms with van der Waals surface area (Å²) in [6.45, 7) is 7.64. The van der Waals surface area contributed by atoms with Gasteiger partial charge in [-0.15, -0.1) is 0 Å². The van der Waals surface area contributed by atoms with Crippen LogP contribution in [0.15, 0.2) is 0 Å². The zero-order valence-electron chi connectivity index (χ0n) is 11.9. The van der Waals surface area contributed by atoms with Crippen molar-refractivity contribution < 1.29 is 14.7 Å². The second kappa shape index (κ2) is 9.92. The fourth-order valence-electron chi connectivity index (χ4n) is 1.86. The lowest BCUT2D eigenvalue weighted by atomic mass is 10.0. The van der Waals surface area contributed by atoms with Crippen LogP contribution in [-0.4, -0.2) is 35.0 Å². The third kappa shape index (κ3) is 8.09. The molecule has 0 aliphatic heterocycles. The number of carboxylic acid groups (broad SMARTS) is 1. The zero-order chi connectivity index (χ0) is 14.0. The summed E-state index contributed by atoms with van der Waals surface area (Å²) in [4.78, 5) is 24.6. The minimum Gasteiger partial charge on any atom is -0.481 e.